The molecule has 2 rings (SSSR count). The number of unbranched alkanes of at least 4 members (excludes halogenated alkanes) is 2. The fourth-order valence-corrected chi connectivity index (χ4v) is 3.03. The van der Waals surface area contributed by atoms with Gasteiger partial charge in [-0.2, -0.15) is 21.6 Å². The van der Waals surface area contributed by atoms with Crippen LogP contribution < -0.4 is 4.18 Å². The van der Waals surface area contributed by atoms with E-state index < -0.39 is 15.6 Å². The van der Waals surface area contributed by atoms with Crippen LogP contribution >= 0.6 is 0 Å². The van der Waals surface area contributed by atoms with Crippen molar-refractivity contribution in [2.24, 2.45) is 5.92 Å². The molecule has 0 saturated heterocycles. The van der Waals surface area contributed by atoms with Gasteiger partial charge in [0.1, 0.15) is 5.75 Å². The van der Waals surface area contributed by atoms with Crippen LogP contribution in [0.15, 0.2) is 24.3 Å². The molecule has 1 fully saturated rings. The number of hydrogen-bond acceptors (Lipinski definition) is 3. The molecule has 1 aliphatic carbocycles. The Kier molecular flexibility index (Phi) is 5.04. The Morgan fingerprint density at radius 2 is 1.82 bits per heavy atom. The molecule has 7 heteroatoms. The zero-order chi connectivity index (χ0) is 16.4. The summed E-state index contributed by atoms with van der Waals surface area (Å²) in [7, 11) is -5.59. The van der Waals surface area contributed by atoms with Crippen LogP contribution in [0.5, 0.6) is 5.75 Å². The molecule has 22 heavy (non-hydrogen) atoms. The van der Waals surface area contributed by atoms with Gasteiger partial charge in [0.25, 0.3) is 0 Å². The minimum absolute atomic E-state index is 0.316. The molecule has 124 valence electrons. The molecule has 0 N–H and O–H groups in total. The number of halogens is 3. The van der Waals surface area contributed by atoms with Gasteiger partial charge in [-0.3, -0.25) is 0 Å². The molecule has 0 aromatic heterocycles. The van der Waals surface area contributed by atoms with Crippen molar-refractivity contribution in [3.8, 4) is 5.75 Å². The third-order valence-electron chi connectivity index (χ3n) is 3.90. The molecule has 2 unspecified atom stereocenters. The summed E-state index contributed by atoms with van der Waals surface area (Å²) in [6.07, 6.45) is 5.84. The van der Waals surface area contributed by atoms with E-state index in [1.807, 2.05) is 0 Å². The molecule has 1 aromatic carbocycles. The maximum absolute atomic E-state index is 12.2. The van der Waals surface area contributed by atoms with Gasteiger partial charge in [-0.1, -0.05) is 38.3 Å². The maximum atomic E-state index is 12.2. The molecular formula is C15H19F3O3S. The van der Waals surface area contributed by atoms with Crippen molar-refractivity contribution in [1.82, 2.24) is 0 Å². The van der Waals surface area contributed by atoms with Crippen molar-refractivity contribution in [2.45, 2.75) is 50.5 Å². The van der Waals surface area contributed by atoms with E-state index in [0.717, 1.165) is 12.0 Å². The molecule has 1 aliphatic rings. The third kappa shape index (κ3) is 4.15. The summed E-state index contributed by atoms with van der Waals surface area (Å²) in [5, 5.41) is 0. The first-order valence-corrected chi connectivity index (χ1v) is 8.76. The highest BCUT2D eigenvalue weighted by molar-refractivity contribution is 7.87. The summed E-state index contributed by atoms with van der Waals surface area (Å²) in [6.45, 7) is 2.15. The van der Waals surface area contributed by atoms with E-state index in [2.05, 4.69) is 11.1 Å². The Morgan fingerprint density at radius 3 is 2.36 bits per heavy atom. The SMILES string of the molecule is CCCCCC1CC1c1ccc(OS(=O)(=O)C(F)(F)F)cc1. The quantitative estimate of drug-likeness (QED) is 0.415. The summed E-state index contributed by atoms with van der Waals surface area (Å²) in [5.41, 5.74) is -4.38. The standard InChI is InChI=1S/C15H19F3O3S/c1-2-3-4-5-12-10-14(12)11-6-8-13(9-7-11)21-22(19,20)15(16,17)18/h6-9,12,14H,2-5,10H2,1H3. The lowest BCUT2D eigenvalue weighted by Crippen LogP contribution is -2.28. The number of hydrogen-bond donors (Lipinski definition) is 0. The van der Waals surface area contributed by atoms with Crippen LogP contribution in [0, 0.1) is 5.92 Å². The van der Waals surface area contributed by atoms with E-state index in [9.17, 15) is 21.6 Å². The Hall–Kier alpha value is -1.24. The van der Waals surface area contributed by atoms with Crippen LogP contribution in [-0.2, 0) is 10.1 Å². The molecule has 0 radical (unpaired) electrons. The first-order valence-electron chi connectivity index (χ1n) is 7.35. The topological polar surface area (TPSA) is 43.4 Å². The highest BCUT2D eigenvalue weighted by Crippen LogP contribution is 2.50. The normalized spacial score (nSPS) is 21.6. The molecule has 0 heterocycles. The van der Waals surface area contributed by atoms with E-state index >= 15 is 0 Å². The highest BCUT2D eigenvalue weighted by atomic mass is 32.2. The largest absolute Gasteiger partial charge is 0.534 e. The number of benzene rings is 1. The van der Waals surface area contributed by atoms with Gasteiger partial charge >= 0.3 is 15.6 Å². The summed E-state index contributed by atoms with van der Waals surface area (Å²) in [4.78, 5) is 0. The smallest absolute Gasteiger partial charge is 0.376 e. The van der Waals surface area contributed by atoms with Gasteiger partial charge < -0.3 is 4.18 Å². The lowest BCUT2D eigenvalue weighted by molar-refractivity contribution is -0.0500. The van der Waals surface area contributed by atoms with Crippen LogP contribution in [0.25, 0.3) is 0 Å². The van der Waals surface area contributed by atoms with Crippen molar-refractivity contribution >= 4 is 10.1 Å². The summed E-state index contributed by atoms with van der Waals surface area (Å²) >= 11 is 0. The van der Waals surface area contributed by atoms with E-state index in [1.165, 1.54) is 37.8 Å². The van der Waals surface area contributed by atoms with Crippen molar-refractivity contribution in [3.05, 3.63) is 29.8 Å². The van der Waals surface area contributed by atoms with Crippen molar-refractivity contribution < 1.29 is 25.8 Å². The van der Waals surface area contributed by atoms with Gasteiger partial charge in [0.05, 0.1) is 0 Å². The molecule has 1 aromatic rings. The Morgan fingerprint density at radius 1 is 1.18 bits per heavy atom. The monoisotopic (exact) mass is 336 g/mol. The molecule has 0 amide bonds. The van der Waals surface area contributed by atoms with E-state index in [0.29, 0.717) is 11.8 Å². The molecule has 0 aliphatic heterocycles. The zero-order valence-corrected chi connectivity index (χ0v) is 13.1. The molecular weight excluding hydrogens is 317 g/mol. The van der Waals surface area contributed by atoms with Crippen molar-refractivity contribution in [3.63, 3.8) is 0 Å². The van der Waals surface area contributed by atoms with Gasteiger partial charge in [0.2, 0.25) is 0 Å². The zero-order valence-electron chi connectivity index (χ0n) is 12.3. The summed E-state index contributed by atoms with van der Waals surface area (Å²) in [5.74, 6) is 0.756. The third-order valence-corrected chi connectivity index (χ3v) is 4.88. The molecule has 0 bridgehead atoms. The van der Waals surface area contributed by atoms with Gasteiger partial charge in [-0.05, 0) is 42.4 Å². The highest BCUT2D eigenvalue weighted by Gasteiger charge is 2.48. The van der Waals surface area contributed by atoms with Crippen LogP contribution in [0.4, 0.5) is 13.2 Å². The number of rotatable bonds is 7. The van der Waals surface area contributed by atoms with Gasteiger partial charge in [0, 0.05) is 0 Å². The Labute approximate surface area is 128 Å². The van der Waals surface area contributed by atoms with Crippen LogP contribution in [0.1, 0.15) is 50.5 Å². The molecule has 2 atom stereocenters. The fourth-order valence-electron chi connectivity index (χ4n) is 2.58. The number of alkyl halides is 3. The first-order chi connectivity index (χ1) is 10.2. The van der Waals surface area contributed by atoms with E-state index in [4.69, 9.17) is 0 Å². The second kappa shape index (κ2) is 6.48. The van der Waals surface area contributed by atoms with Crippen molar-refractivity contribution in [2.75, 3.05) is 0 Å². The summed E-state index contributed by atoms with van der Waals surface area (Å²) < 4.78 is 62.6. The van der Waals surface area contributed by atoms with Crippen molar-refractivity contribution in [1.29, 1.82) is 0 Å². The second-order valence-corrected chi connectivity index (χ2v) is 7.19. The fraction of sp³-hybridized carbons (Fsp3) is 0.600. The van der Waals surface area contributed by atoms with E-state index in [-0.39, 0.29) is 5.75 Å². The van der Waals surface area contributed by atoms with Crippen LogP contribution in [-0.4, -0.2) is 13.9 Å². The second-order valence-electron chi connectivity index (χ2n) is 5.65. The average molecular weight is 336 g/mol. The summed E-state index contributed by atoms with van der Waals surface area (Å²) in [6, 6.07) is 5.84. The van der Waals surface area contributed by atoms with Gasteiger partial charge in [-0.25, -0.2) is 0 Å². The molecule has 3 nitrogen and oxygen atoms in total. The minimum Gasteiger partial charge on any atom is -0.376 e. The first kappa shape index (κ1) is 17.1. The van der Waals surface area contributed by atoms with Gasteiger partial charge in [0.15, 0.2) is 0 Å². The average Bonchev–Trinajstić information content (AvgIpc) is 3.18. The minimum atomic E-state index is -5.59. The predicted molar refractivity (Wildman–Crippen MR) is 77.0 cm³/mol. The predicted octanol–water partition coefficient (Wildman–Crippen LogP) is 4.60. The molecule has 1 saturated carbocycles. The van der Waals surface area contributed by atoms with Gasteiger partial charge in [-0.15, -0.1) is 0 Å². The van der Waals surface area contributed by atoms with E-state index in [1.54, 1.807) is 12.1 Å². The maximum Gasteiger partial charge on any atom is 0.534 e. The Balaban J connectivity index is 1.92. The molecule has 0 spiro atoms. The lowest BCUT2D eigenvalue weighted by atomic mass is 10.1. The lowest BCUT2D eigenvalue weighted by Gasteiger charge is -2.09. The Bertz CT molecular complexity index is 593. The van der Waals surface area contributed by atoms with Crippen LogP contribution in [0.2, 0.25) is 0 Å². The van der Waals surface area contributed by atoms with Crippen LogP contribution in [0.3, 0.4) is 0 Å².